The average Bonchev–Trinajstić information content (AvgIpc) is 2.96. The van der Waals surface area contributed by atoms with Crippen molar-refractivity contribution in [1.29, 1.82) is 0 Å². The molecular formula is C19H14NO+. The Morgan fingerprint density at radius 2 is 1.24 bits per heavy atom. The molecule has 0 bridgehead atoms. The van der Waals surface area contributed by atoms with Crippen LogP contribution < -0.4 is 4.74 Å². The van der Waals surface area contributed by atoms with Gasteiger partial charge < -0.3 is 0 Å². The molecule has 0 aliphatic heterocycles. The Morgan fingerprint density at radius 1 is 0.619 bits per heavy atom. The van der Waals surface area contributed by atoms with Crippen molar-refractivity contribution in [3.05, 3.63) is 84.9 Å². The predicted octanol–water partition coefficient (Wildman–Crippen LogP) is 4.38. The summed E-state index contributed by atoms with van der Waals surface area (Å²) in [4.78, 5) is 0. The standard InChI is InChI=1S/C19H14NO/c1-3-9-15(10-4-1)19-17-13-7-8-14-18(17)21-20(19)16-11-5-2-6-12-16/h1-14H/q+1. The van der Waals surface area contributed by atoms with Crippen LogP contribution in [0.15, 0.2) is 89.5 Å². The summed E-state index contributed by atoms with van der Waals surface area (Å²) in [6, 6.07) is 28.6. The molecule has 4 aromatic rings. The Balaban J connectivity index is 2.07. The summed E-state index contributed by atoms with van der Waals surface area (Å²) < 4.78 is 7.96. The number of fused-ring (bicyclic) bond motifs is 1. The van der Waals surface area contributed by atoms with Crippen LogP contribution in [0.1, 0.15) is 0 Å². The predicted molar refractivity (Wildman–Crippen MR) is 83.2 cm³/mol. The summed E-state index contributed by atoms with van der Waals surface area (Å²) in [5, 5.41) is 1.12. The van der Waals surface area contributed by atoms with E-state index in [-0.39, 0.29) is 0 Å². The number of hydrogen-bond donors (Lipinski definition) is 0. The van der Waals surface area contributed by atoms with Crippen molar-refractivity contribution in [3.8, 4) is 16.9 Å². The monoisotopic (exact) mass is 272 g/mol. The minimum absolute atomic E-state index is 0.889. The van der Waals surface area contributed by atoms with Gasteiger partial charge >= 0.3 is 0 Å². The van der Waals surface area contributed by atoms with E-state index >= 15 is 0 Å². The lowest BCUT2D eigenvalue weighted by atomic mass is 10.1. The number of nitrogens with zero attached hydrogens (tertiary/aromatic N) is 1. The van der Waals surface area contributed by atoms with Gasteiger partial charge in [-0.05, 0) is 24.3 Å². The molecule has 0 unspecified atom stereocenters. The molecule has 0 atom stereocenters. The van der Waals surface area contributed by atoms with Gasteiger partial charge in [0.15, 0.2) is 0 Å². The summed E-state index contributed by atoms with van der Waals surface area (Å²) in [5.41, 5.74) is 4.14. The van der Waals surface area contributed by atoms with Crippen LogP contribution >= 0.6 is 0 Å². The van der Waals surface area contributed by atoms with Crippen LogP contribution in [0.25, 0.3) is 27.9 Å². The van der Waals surface area contributed by atoms with Gasteiger partial charge in [-0.3, -0.25) is 0 Å². The van der Waals surface area contributed by atoms with Gasteiger partial charge in [-0.1, -0.05) is 48.5 Å². The molecule has 0 saturated carbocycles. The molecule has 0 fully saturated rings. The second-order valence-corrected chi connectivity index (χ2v) is 4.93. The number of rotatable bonds is 2. The molecule has 21 heavy (non-hydrogen) atoms. The zero-order chi connectivity index (χ0) is 14.1. The third-order valence-electron chi connectivity index (χ3n) is 3.57. The highest BCUT2D eigenvalue weighted by Gasteiger charge is 2.25. The van der Waals surface area contributed by atoms with Crippen molar-refractivity contribution in [2.45, 2.75) is 0 Å². The molecule has 0 aliphatic carbocycles. The van der Waals surface area contributed by atoms with E-state index in [1.54, 1.807) is 0 Å². The molecule has 0 amide bonds. The zero-order valence-corrected chi connectivity index (χ0v) is 11.4. The van der Waals surface area contributed by atoms with E-state index in [9.17, 15) is 0 Å². The SMILES string of the molecule is c1ccc(-c2c3ccccc3o[n+]2-c2ccccc2)cc1. The van der Waals surface area contributed by atoms with Gasteiger partial charge in [0, 0.05) is 16.9 Å². The second kappa shape index (κ2) is 4.91. The van der Waals surface area contributed by atoms with Crippen molar-refractivity contribution in [1.82, 2.24) is 0 Å². The molecule has 100 valence electrons. The van der Waals surface area contributed by atoms with E-state index in [4.69, 9.17) is 4.52 Å². The number of hydrogen-bond acceptors (Lipinski definition) is 1. The fourth-order valence-corrected chi connectivity index (χ4v) is 2.61. The van der Waals surface area contributed by atoms with Crippen molar-refractivity contribution in [3.63, 3.8) is 0 Å². The summed E-state index contributed by atoms with van der Waals surface area (Å²) in [5.74, 6) is 0. The number of benzene rings is 3. The maximum absolute atomic E-state index is 6.06. The third kappa shape index (κ3) is 2.01. The van der Waals surface area contributed by atoms with Crippen LogP contribution in [0, 0.1) is 0 Å². The van der Waals surface area contributed by atoms with E-state index in [0.717, 1.165) is 27.9 Å². The van der Waals surface area contributed by atoms with Gasteiger partial charge in [-0.2, -0.15) is 0 Å². The van der Waals surface area contributed by atoms with E-state index in [2.05, 4.69) is 30.3 Å². The zero-order valence-electron chi connectivity index (χ0n) is 11.4. The molecule has 0 aliphatic rings. The highest BCUT2D eigenvalue weighted by molar-refractivity contribution is 5.89. The van der Waals surface area contributed by atoms with Crippen LogP contribution in [-0.2, 0) is 0 Å². The average molecular weight is 272 g/mol. The fourth-order valence-electron chi connectivity index (χ4n) is 2.61. The van der Waals surface area contributed by atoms with Gasteiger partial charge in [0.25, 0.3) is 11.4 Å². The maximum atomic E-state index is 6.06. The van der Waals surface area contributed by atoms with Gasteiger partial charge in [0.2, 0.25) is 5.58 Å². The highest BCUT2D eigenvalue weighted by atomic mass is 16.5. The summed E-state index contributed by atoms with van der Waals surface area (Å²) in [6.45, 7) is 0. The fraction of sp³-hybridized carbons (Fsp3) is 0. The summed E-state index contributed by atoms with van der Waals surface area (Å²) in [7, 11) is 0. The third-order valence-corrected chi connectivity index (χ3v) is 3.57. The first-order chi connectivity index (χ1) is 10.4. The lowest BCUT2D eigenvalue weighted by molar-refractivity contribution is -0.770. The Bertz CT molecular complexity index is 879. The Labute approximate surface area is 122 Å². The molecule has 0 saturated heterocycles. The Hall–Kier alpha value is -2.87. The minimum atomic E-state index is 0.889. The van der Waals surface area contributed by atoms with E-state index in [1.165, 1.54) is 0 Å². The van der Waals surface area contributed by atoms with Gasteiger partial charge in [0.1, 0.15) is 5.39 Å². The molecule has 4 rings (SSSR count). The van der Waals surface area contributed by atoms with Crippen molar-refractivity contribution < 1.29 is 9.26 Å². The lowest BCUT2D eigenvalue weighted by Crippen LogP contribution is -2.30. The molecule has 0 radical (unpaired) electrons. The van der Waals surface area contributed by atoms with E-state index < -0.39 is 0 Å². The van der Waals surface area contributed by atoms with Crippen LogP contribution in [-0.4, -0.2) is 0 Å². The van der Waals surface area contributed by atoms with Crippen molar-refractivity contribution >= 4 is 11.0 Å². The summed E-state index contributed by atoms with van der Waals surface area (Å²) >= 11 is 0. The molecule has 2 heteroatoms. The highest BCUT2D eigenvalue weighted by Crippen LogP contribution is 2.27. The Kier molecular flexibility index (Phi) is 2.79. The van der Waals surface area contributed by atoms with Gasteiger partial charge in [0.05, 0.1) is 5.56 Å². The van der Waals surface area contributed by atoms with E-state index in [0.29, 0.717) is 0 Å². The normalized spacial score (nSPS) is 10.9. The Morgan fingerprint density at radius 3 is 2.00 bits per heavy atom. The molecule has 1 heterocycles. The first kappa shape index (κ1) is 11.9. The molecule has 3 aromatic carbocycles. The van der Waals surface area contributed by atoms with E-state index in [1.807, 2.05) is 59.3 Å². The van der Waals surface area contributed by atoms with Gasteiger partial charge in [-0.25, -0.2) is 4.52 Å². The summed E-state index contributed by atoms with van der Waals surface area (Å²) in [6.07, 6.45) is 0. The van der Waals surface area contributed by atoms with Crippen LogP contribution in [0.3, 0.4) is 0 Å². The largest absolute Gasteiger partial charge is 0.277 e. The van der Waals surface area contributed by atoms with Crippen LogP contribution in [0.2, 0.25) is 0 Å². The molecule has 0 N–H and O–H groups in total. The van der Waals surface area contributed by atoms with Crippen molar-refractivity contribution in [2.75, 3.05) is 0 Å². The van der Waals surface area contributed by atoms with Crippen molar-refractivity contribution in [2.24, 2.45) is 0 Å². The molecule has 1 aromatic heterocycles. The molecule has 0 spiro atoms. The number of para-hydroxylation sites is 2. The first-order valence-corrected chi connectivity index (χ1v) is 6.98. The maximum Gasteiger partial charge on any atom is 0.277 e. The first-order valence-electron chi connectivity index (χ1n) is 6.98. The van der Waals surface area contributed by atoms with Crippen LogP contribution in [0.4, 0.5) is 0 Å². The quantitative estimate of drug-likeness (QED) is 0.495. The molecular weight excluding hydrogens is 258 g/mol. The second-order valence-electron chi connectivity index (χ2n) is 4.93. The number of aromatic nitrogens is 1. The smallest absolute Gasteiger partial charge is 0.229 e. The topological polar surface area (TPSA) is 17.0 Å². The lowest BCUT2D eigenvalue weighted by Gasteiger charge is -1.95. The molecule has 2 nitrogen and oxygen atoms in total. The minimum Gasteiger partial charge on any atom is -0.229 e. The van der Waals surface area contributed by atoms with Gasteiger partial charge in [-0.15, -0.1) is 0 Å². The van der Waals surface area contributed by atoms with Crippen LogP contribution in [0.5, 0.6) is 0 Å².